The first-order valence-electron chi connectivity index (χ1n) is 11.5. The Kier molecular flexibility index (Phi) is 7.44. The summed E-state index contributed by atoms with van der Waals surface area (Å²) in [6.07, 6.45) is 1.58. The second-order valence-electron chi connectivity index (χ2n) is 8.75. The summed E-state index contributed by atoms with van der Waals surface area (Å²) in [5.74, 6) is -2.04. The molecule has 1 saturated heterocycles. The van der Waals surface area contributed by atoms with E-state index in [1.807, 2.05) is 0 Å². The highest BCUT2D eigenvalue weighted by Crippen LogP contribution is 2.40. The van der Waals surface area contributed by atoms with Gasteiger partial charge < -0.3 is 24.4 Å². The predicted molar refractivity (Wildman–Crippen MR) is 126 cm³/mol. The van der Waals surface area contributed by atoms with E-state index in [0.717, 1.165) is 12.8 Å². The van der Waals surface area contributed by atoms with Crippen molar-refractivity contribution in [3.8, 4) is 17.2 Å². The van der Waals surface area contributed by atoms with Crippen LogP contribution in [0.25, 0.3) is 0 Å². The standard InChI is InChI=1S/C24H29F2N3O5S/c1-32-18-11-14(12-19(33-2)20(18)34-3)23(31)29-10-4-5-17(29)22-28-16(13-35-22)21(30)27-15-6-8-24(25,26)9-7-15/h11-13,15,17H,4-10H2,1-3H3,(H,27,30). The van der Waals surface area contributed by atoms with E-state index in [-0.39, 0.29) is 55.3 Å². The number of aromatic nitrogens is 1. The number of benzene rings is 1. The van der Waals surface area contributed by atoms with Crippen molar-refractivity contribution in [3.05, 3.63) is 33.8 Å². The summed E-state index contributed by atoms with van der Waals surface area (Å²) >= 11 is 1.32. The number of halogens is 2. The van der Waals surface area contributed by atoms with Crippen LogP contribution < -0.4 is 19.5 Å². The van der Waals surface area contributed by atoms with Crippen LogP contribution in [-0.2, 0) is 0 Å². The molecule has 1 unspecified atom stereocenters. The topological polar surface area (TPSA) is 90.0 Å². The average Bonchev–Trinajstić information content (AvgIpc) is 3.53. The summed E-state index contributed by atoms with van der Waals surface area (Å²) in [5.41, 5.74) is 0.643. The van der Waals surface area contributed by atoms with Crippen molar-refractivity contribution in [2.75, 3.05) is 27.9 Å². The van der Waals surface area contributed by atoms with Crippen LogP contribution in [0.15, 0.2) is 17.5 Å². The summed E-state index contributed by atoms with van der Waals surface area (Å²) in [6.45, 7) is 0.553. The van der Waals surface area contributed by atoms with Crippen LogP contribution in [0.3, 0.4) is 0 Å². The molecule has 190 valence electrons. The number of amides is 2. The van der Waals surface area contributed by atoms with Crippen LogP contribution in [0, 0.1) is 0 Å². The van der Waals surface area contributed by atoms with Crippen molar-refractivity contribution in [2.45, 2.75) is 56.5 Å². The first-order valence-corrected chi connectivity index (χ1v) is 12.4. The van der Waals surface area contributed by atoms with Gasteiger partial charge in [-0.2, -0.15) is 0 Å². The smallest absolute Gasteiger partial charge is 0.270 e. The van der Waals surface area contributed by atoms with Gasteiger partial charge in [0.1, 0.15) is 10.7 Å². The fourth-order valence-electron chi connectivity index (χ4n) is 4.63. The van der Waals surface area contributed by atoms with E-state index in [0.29, 0.717) is 34.4 Å². The molecule has 0 bridgehead atoms. The molecular formula is C24H29F2N3O5S. The van der Waals surface area contributed by atoms with Crippen molar-refractivity contribution in [3.63, 3.8) is 0 Å². The number of alkyl halides is 2. The number of hydrogen-bond donors (Lipinski definition) is 1. The zero-order valence-corrected chi connectivity index (χ0v) is 20.8. The maximum absolute atomic E-state index is 13.4. The quantitative estimate of drug-likeness (QED) is 0.593. The highest BCUT2D eigenvalue weighted by Gasteiger charge is 2.36. The first kappa shape index (κ1) is 25.2. The number of rotatable bonds is 7. The summed E-state index contributed by atoms with van der Waals surface area (Å²) in [4.78, 5) is 32.3. The van der Waals surface area contributed by atoms with Crippen LogP contribution in [0.2, 0.25) is 0 Å². The van der Waals surface area contributed by atoms with Crippen molar-refractivity contribution in [1.82, 2.24) is 15.2 Å². The third-order valence-electron chi connectivity index (χ3n) is 6.52. The van der Waals surface area contributed by atoms with E-state index in [1.54, 1.807) is 22.4 Å². The Bertz CT molecular complexity index is 1060. The van der Waals surface area contributed by atoms with E-state index < -0.39 is 5.92 Å². The lowest BCUT2D eigenvalue weighted by atomic mass is 9.92. The Morgan fingerprint density at radius 3 is 2.34 bits per heavy atom. The van der Waals surface area contributed by atoms with Gasteiger partial charge in [0.25, 0.3) is 11.8 Å². The van der Waals surface area contributed by atoms with Crippen molar-refractivity contribution < 1.29 is 32.6 Å². The second-order valence-corrected chi connectivity index (χ2v) is 9.63. The average molecular weight is 510 g/mol. The van der Waals surface area contributed by atoms with E-state index >= 15 is 0 Å². The van der Waals surface area contributed by atoms with Gasteiger partial charge in [-0.1, -0.05) is 0 Å². The minimum absolute atomic E-state index is 0.198. The highest BCUT2D eigenvalue weighted by atomic mass is 32.1. The maximum atomic E-state index is 13.4. The molecule has 2 aliphatic rings. The Balaban J connectivity index is 1.48. The van der Waals surface area contributed by atoms with Crippen LogP contribution in [0.5, 0.6) is 17.2 Å². The minimum atomic E-state index is -2.65. The van der Waals surface area contributed by atoms with Gasteiger partial charge in [-0.05, 0) is 37.8 Å². The molecule has 1 N–H and O–H groups in total. The maximum Gasteiger partial charge on any atom is 0.270 e. The van der Waals surface area contributed by atoms with Gasteiger partial charge in [0.2, 0.25) is 11.7 Å². The molecule has 2 fully saturated rings. The van der Waals surface area contributed by atoms with Gasteiger partial charge >= 0.3 is 0 Å². The van der Waals surface area contributed by atoms with E-state index in [2.05, 4.69) is 10.3 Å². The van der Waals surface area contributed by atoms with E-state index in [1.165, 1.54) is 32.7 Å². The van der Waals surface area contributed by atoms with Crippen LogP contribution in [-0.4, -0.2) is 61.5 Å². The van der Waals surface area contributed by atoms with Crippen LogP contribution in [0.4, 0.5) is 8.78 Å². The lowest BCUT2D eigenvalue weighted by Gasteiger charge is -2.28. The Morgan fingerprint density at radius 2 is 1.74 bits per heavy atom. The lowest BCUT2D eigenvalue weighted by molar-refractivity contribution is -0.0399. The Labute approximate surface area is 206 Å². The van der Waals surface area contributed by atoms with Gasteiger partial charge in [0, 0.05) is 36.4 Å². The van der Waals surface area contributed by atoms with Gasteiger partial charge in [0.05, 0.1) is 27.4 Å². The third-order valence-corrected chi connectivity index (χ3v) is 7.46. The number of nitrogens with zero attached hydrogens (tertiary/aromatic N) is 2. The van der Waals surface area contributed by atoms with Crippen molar-refractivity contribution in [2.24, 2.45) is 0 Å². The SMILES string of the molecule is COc1cc(C(=O)N2CCCC2c2nc(C(=O)NC3CCC(F)(F)CC3)cs2)cc(OC)c1OC. The number of carbonyl (C=O) groups is 2. The molecule has 8 nitrogen and oxygen atoms in total. The largest absolute Gasteiger partial charge is 0.493 e. The number of hydrogen-bond acceptors (Lipinski definition) is 7. The minimum Gasteiger partial charge on any atom is -0.493 e. The molecule has 1 aliphatic heterocycles. The summed E-state index contributed by atoms with van der Waals surface area (Å²) in [7, 11) is 4.48. The number of carbonyl (C=O) groups excluding carboxylic acids is 2. The molecule has 2 heterocycles. The monoisotopic (exact) mass is 509 g/mol. The van der Waals surface area contributed by atoms with Crippen molar-refractivity contribution in [1.29, 1.82) is 0 Å². The zero-order valence-electron chi connectivity index (χ0n) is 19.9. The normalized spacial score (nSPS) is 19.9. The molecule has 35 heavy (non-hydrogen) atoms. The highest BCUT2D eigenvalue weighted by molar-refractivity contribution is 7.09. The summed E-state index contributed by atoms with van der Waals surface area (Å²) in [5, 5.41) is 5.15. The fraction of sp³-hybridized carbons (Fsp3) is 0.542. The molecule has 2 amide bonds. The summed E-state index contributed by atoms with van der Waals surface area (Å²) < 4.78 is 42.9. The van der Waals surface area contributed by atoms with Gasteiger partial charge in [0.15, 0.2) is 11.5 Å². The molecule has 1 aromatic heterocycles. The van der Waals surface area contributed by atoms with Gasteiger partial charge in [-0.25, -0.2) is 13.8 Å². The fourth-order valence-corrected chi connectivity index (χ4v) is 5.57. The molecule has 11 heteroatoms. The van der Waals surface area contributed by atoms with Gasteiger partial charge in [-0.15, -0.1) is 11.3 Å². The number of ether oxygens (including phenoxy) is 3. The van der Waals surface area contributed by atoms with Crippen LogP contribution in [0.1, 0.15) is 70.4 Å². The molecule has 1 atom stereocenters. The predicted octanol–water partition coefficient (Wildman–Crippen LogP) is 4.45. The molecule has 4 rings (SSSR count). The second kappa shape index (κ2) is 10.3. The molecule has 1 aromatic carbocycles. The molecule has 2 aromatic rings. The molecule has 0 radical (unpaired) electrons. The first-order chi connectivity index (χ1) is 16.8. The molecule has 1 saturated carbocycles. The van der Waals surface area contributed by atoms with Gasteiger partial charge in [-0.3, -0.25) is 9.59 Å². The Hall–Kier alpha value is -2.95. The Morgan fingerprint density at radius 1 is 1.09 bits per heavy atom. The molecule has 0 spiro atoms. The number of thiazole rings is 1. The number of nitrogens with one attached hydrogen (secondary N) is 1. The molecule has 1 aliphatic carbocycles. The number of likely N-dealkylation sites (tertiary alicyclic amines) is 1. The zero-order chi connectivity index (χ0) is 25.2. The van der Waals surface area contributed by atoms with E-state index in [9.17, 15) is 18.4 Å². The number of methoxy groups -OCH3 is 3. The van der Waals surface area contributed by atoms with Crippen LogP contribution >= 0.6 is 11.3 Å². The van der Waals surface area contributed by atoms with E-state index in [4.69, 9.17) is 14.2 Å². The molecular weight excluding hydrogens is 480 g/mol. The lowest BCUT2D eigenvalue weighted by Crippen LogP contribution is -2.40. The van der Waals surface area contributed by atoms with Crippen molar-refractivity contribution >= 4 is 23.2 Å². The summed E-state index contributed by atoms with van der Waals surface area (Å²) in [6, 6.07) is 2.69. The third kappa shape index (κ3) is 5.34.